The van der Waals surface area contributed by atoms with Gasteiger partial charge in [-0.2, -0.15) is 0 Å². The summed E-state index contributed by atoms with van der Waals surface area (Å²) >= 11 is 0. The van der Waals surface area contributed by atoms with Crippen LogP contribution in [0.25, 0.3) is 0 Å². The Morgan fingerprint density at radius 3 is 2.50 bits per heavy atom. The summed E-state index contributed by atoms with van der Waals surface area (Å²) in [6, 6.07) is 7.37. The maximum atomic E-state index is 12.8. The molecule has 16 heavy (non-hydrogen) atoms. The van der Waals surface area contributed by atoms with Crippen molar-refractivity contribution in [1.29, 1.82) is 0 Å². The lowest BCUT2D eigenvalue weighted by atomic mass is 10.1. The third-order valence-corrected chi connectivity index (χ3v) is 3.36. The van der Waals surface area contributed by atoms with Gasteiger partial charge in [-0.05, 0) is 37.7 Å². The first kappa shape index (κ1) is 11.4. The Bertz CT molecular complexity index is 336. The normalized spacial score (nSPS) is 22.4. The maximum Gasteiger partial charge on any atom is 0.123 e. The average molecular weight is 222 g/mol. The molecule has 1 aromatic rings. The van der Waals surface area contributed by atoms with E-state index in [2.05, 4.69) is 23.6 Å². The highest BCUT2D eigenvalue weighted by atomic mass is 19.1. The monoisotopic (exact) mass is 222 g/mol. The molecule has 2 rings (SSSR count). The second-order valence-electron chi connectivity index (χ2n) is 4.40. The van der Waals surface area contributed by atoms with Gasteiger partial charge in [-0.15, -0.1) is 0 Å². The molecule has 1 aromatic carbocycles. The van der Waals surface area contributed by atoms with Crippen LogP contribution < -0.4 is 4.90 Å². The molecule has 1 atom stereocenters. The molecule has 0 aliphatic carbocycles. The molecule has 0 aromatic heterocycles. The zero-order valence-electron chi connectivity index (χ0n) is 9.99. The molecule has 88 valence electrons. The molecule has 1 fully saturated rings. The van der Waals surface area contributed by atoms with Crippen LogP contribution >= 0.6 is 0 Å². The SMILES string of the molecule is CCN1CCN(c2ccc(F)cc2)C[C@@H]1C. The topological polar surface area (TPSA) is 6.48 Å². The van der Waals surface area contributed by atoms with E-state index in [9.17, 15) is 4.39 Å². The first-order chi connectivity index (χ1) is 7.70. The van der Waals surface area contributed by atoms with Gasteiger partial charge in [-0.1, -0.05) is 6.92 Å². The van der Waals surface area contributed by atoms with Gasteiger partial charge in [-0.3, -0.25) is 4.90 Å². The number of anilines is 1. The third kappa shape index (κ3) is 2.35. The number of likely N-dealkylation sites (N-methyl/N-ethyl adjacent to an activating group) is 1. The molecule has 0 bridgehead atoms. The Labute approximate surface area is 96.7 Å². The van der Waals surface area contributed by atoms with Crippen LogP contribution in [-0.4, -0.2) is 37.1 Å². The summed E-state index contributed by atoms with van der Waals surface area (Å²) in [5.74, 6) is -0.163. The fourth-order valence-corrected chi connectivity index (χ4v) is 2.35. The highest BCUT2D eigenvalue weighted by Crippen LogP contribution is 2.19. The van der Waals surface area contributed by atoms with Crippen LogP contribution in [0.15, 0.2) is 24.3 Å². The van der Waals surface area contributed by atoms with E-state index in [-0.39, 0.29) is 5.82 Å². The van der Waals surface area contributed by atoms with E-state index in [1.807, 2.05) is 12.1 Å². The predicted molar refractivity (Wildman–Crippen MR) is 65.3 cm³/mol. The summed E-state index contributed by atoms with van der Waals surface area (Å²) in [6.07, 6.45) is 0. The Balaban J connectivity index is 2.04. The highest BCUT2D eigenvalue weighted by Gasteiger charge is 2.22. The van der Waals surface area contributed by atoms with Gasteiger partial charge in [0.1, 0.15) is 5.82 Å². The molecule has 3 heteroatoms. The summed E-state index contributed by atoms with van der Waals surface area (Å²) < 4.78 is 12.8. The molecule has 0 saturated carbocycles. The summed E-state index contributed by atoms with van der Waals surface area (Å²) in [7, 11) is 0. The van der Waals surface area contributed by atoms with Crippen molar-refractivity contribution < 1.29 is 4.39 Å². The predicted octanol–water partition coefficient (Wildman–Crippen LogP) is 2.36. The second kappa shape index (κ2) is 4.83. The smallest absolute Gasteiger partial charge is 0.123 e. The molecule has 1 aliphatic rings. The number of halogens is 1. The lowest BCUT2D eigenvalue weighted by molar-refractivity contribution is 0.199. The van der Waals surface area contributed by atoms with Crippen LogP contribution in [0.3, 0.4) is 0 Å². The number of nitrogens with zero attached hydrogens (tertiary/aromatic N) is 2. The molecule has 2 nitrogen and oxygen atoms in total. The molecular formula is C13H19FN2. The van der Waals surface area contributed by atoms with Crippen LogP contribution in [0.1, 0.15) is 13.8 Å². The van der Waals surface area contributed by atoms with Crippen LogP contribution in [-0.2, 0) is 0 Å². The minimum Gasteiger partial charge on any atom is -0.369 e. The Kier molecular flexibility index (Phi) is 3.44. The lowest BCUT2D eigenvalue weighted by Crippen LogP contribution is -2.51. The van der Waals surface area contributed by atoms with Crippen molar-refractivity contribution in [3.05, 3.63) is 30.1 Å². The van der Waals surface area contributed by atoms with Crippen molar-refractivity contribution in [3.63, 3.8) is 0 Å². The Morgan fingerprint density at radius 2 is 1.94 bits per heavy atom. The molecule has 1 aliphatic heterocycles. The third-order valence-electron chi connectivity index (χ3n) is 3.36. The summed E-state index contributed by atoms with van der Waals surface area (Å²) in [6.45, 7) is 8.71. The van der Waals surface area contributed by atoms with E-state index in [1.165, 1.54) is 12.1 Å². The highest BCUT2D eigenvalue weighted by molar-refractivity contribution is 5.46. The number of hydrogen-bond acceptors (Lipinski definition) is 2. The van der Waals surface area contributed by atoms with E-state index < -0.39 is 0 Å². The van der Waals surface area contributed by atoms with E-state index in [0.29, 0.717) is 6.04 Å². The van der Waals surface area contributed by atoms with Crippen molar-refractivity contribution in [2.45, 2.75) is 19.9 Å². The van der Waals surface area contributed by atoms with Gasteiger partial charge in [-0.25, -0.2) is 4.39 Å². The largest absolute Gasteiger partial charge is 0.369 e. The molecule has 0 N–H and O–H groups in total. The van der Waals surface area contributed by atoms with Crippen molar-refractivity contribution in [1.82, 2.24) is 4.90 Å². The molecule has 0 amide bonds. The van der Waals surface area contributed by atoms with Gasteiger partial charge in [0.25, 0.3) is 0 Å². The Morgan fingerprint density at radius 1 is 1.25 bits per heavy atom. The molecule has 0 radical (unpaired) electrons. The second-order valence-corrected chi connectivity index (χ2v) is 4.40. The average Bonchev–Trinajstić information content (AvgIpc) is 2.30. The number of rotatable bonds is 2. The summed E-state index contributed by atoms with van der Waals surface area (Å²) in [5, 5.41) is 0. The van der Waals surface area contributed by atoms with Crippen molar-refractivity contribution in [2.75, 3.05) is 31.1 Å². The maximum absolute atomic E-state index is 12.8. The first-order valence-electron chi connectivity index (χ1n) is 5.95. The fraction of sp³-hybridized carbons (Fsp3) is 0.538. The van der Waals surface area contributed by atoms with Gasteiger partial charge in [0, 0.05) is 31.4 Å². The molecular weight excluding hydrogens is 203 g/mol. The van der Waals surface area contributed by atoms with Gasteiger partial charge >= 0.3 is 0 Å². The van der Waals surface area contributed by atoms with Crippen LogP contribution in [0.2, 0.25) is 0 Å². The van der Waals surface area contributed by atoms with E-state index in [0.717, 1.165) is 31.9 Å². The van der Waals surface area contributed by atoms with Gasteiger partial charge < -0.3 is 4.90 Å². The number of hydrogen-bond donors (Lipinski definition) is 0. The standard InChI is InChI=1S/C13H19FN2/c1-3-15-8-9-16(10-11(15)2)13-6-4-12(14)5-7-13/h4-7,11H,3,8-10H2,1-2H3/t11-/m0/s1. The Hall–Kier alpha value is -1.09. The first-order valence-corrected chi connectivity index (χ1v) is 5.95. The zero-order chi connectivity index (χ0) is 11.5. The fourth-order valence-electron chi connectivity index (χ4n) is 2.35. The summed E-state index contributed by atoms with van der Waals surface area (Å²) in [4.78, 5) is 4.80. The lowest BCUT2D eigenvalue weighted by Gasteiger charge is -2.40. The van der Waals surface area contributed by atoms with Crippen molar-refractivity contribution in [3.8, 4) is 0 Å². The molecule has 0 spiro atoms. The molecule has 0 unspecified atom stereocenters. The van der Waals surface area contributed by atoms with E-state index in [1.54, 1.807) is 0 Å². The molecule has 1 heterocycles. The quantitative estimate of drug-likeness (QED) is 0.758. The van der Waals surface area contributed by atoms with Gasteiger partial charge in [0.05, 0.1) is 0 Å². The minimum absolute atomic E-state index is 0.163. The van der Waals surface area contributed by atoms with Crippen LogP contribution in [0, 0.1) is 5.82 Å². The minimum atomic E-state index is -0.163. The zero-order valence-corrected chi connectivity index (χ0v) is 9.99. The van der Waals surface area contributed by atoms with Crippen LogP contribution in [0.4, 0.5) is 10.1 Å². The summed E-state index contributed by atoms with van der Waals surface area (Å²) in [5.41, 5.74) is 1.13. The van der Waals surface area contributed by atoms with Crippen LogP contribution in [0.5, 0.6) is 0 Å². The van der Waals surface area contributed by atoms with E-state index >= 15 is 0 Å². The number of piperazine rings is 1. The van der Waals surface area contributed by atoms with Crippen molar-refractivity contribution >= 4 is 5.69 Å². The van der Waals surface area contributed by atoms with Gasteiger partial charge in [0.15, 0.2) is 0 Å². The van der Waals surface area contributed by atoms with Crippen molar-refractivity contribution in [2.24, 2.45) is 0 Å². The number of benzene rings is 1. The van der Waals surface area contributed by atoms with E-state index in [4.69, 9.17) is 0 Å². The van der Waals surface area contributed by atoms with Gasteiger partial charge in [0.2, 0.25) is 0 Å². The molecule has 1 saturated heterocycles.